The maximum Gasteiger partial charge on any atom is 0.246 e. The van der Waals surface area contributed by atoms with Gasteiger partial charge >= 0.3 is 0 Å². The fourth-order valence-electron chi connectivity index (χ4n) is 1.81. The number of rotatable bonds is 7. The summed E-state index contributed by atoms with van der Waals surface area (Å²) in [5.41, 5.74) is 2.44. The lowest BCUT2D eigenvalue weighted by Gasteiger charge is -2.23. The van der Waals surface area contributed by atoms with Gasteiger partial charge in [-0.1, -0.05) is 12.1 Å². The summed E-state index contributed by atoms with van der Waals surface area (Å²) in [5.74, 6) is -0.0715. The second-order valence-electron chi connectivity index (χ2n) is 4.20. The Morgan fingerprint density at radius 1 is 1.44 bits per heavy atom. The molecule has 1 amide bonds. The maximum atomic E-state index is 11.2. The molecule has 4 heteroatoms. The van der Waals surface area contributed by atoms with Crippen LogP contribution in [0.15, 0.2) is 24.3 Å². The molecular formula is C14H22N2O2. The zero-order valence-electron chi connectivity index (χ0n) is 11.4. The molecular weight excluding hydrogens is 228 g/mol. The second-order valence-corrected chi connectivity index (χ2v) is 4.20. The van der Waals surface area contributed by atoms with Gasteiger partial charge in [0.1, 0.15) is 6.61 Å². The van der Waals surface area contributed by atoms with E-state index in [0.717, 1.165) is 13.1 Å². The molecule has 0 aromatic heterocycles. The van der Waals surface area contributed by atoms with Gasteiger partial charge in [-0.25, -0.2) is 0 Å². The molecule has 1 N–H and O–H groups in total. The molecule has 0 fully saturated rings. The zero-order chi connectivity index (χ0) is 13.4. The van der Waals surface area contributed by atoms with Crippen LogP contribution in [-0.2, 0) is 9.53 Å². The first-order valence-electron chi connectivity index (χ1n) is 6.24. The van der Waals surface area contributed by atoms with E-state index in [1.807, 2.05) is 0 Å². The largest absolute Gasteiger partial charge is 0.375 e. The van der Waals surface area contributed by atoms with Crippen molar-refractivity contribution in [2.75, 3.05) is 38.3 Å². The quantitative estimate of drug-likeness (QED) is 0.799. The minimum atomic E-state index is -0.0715. The average Bonchev–Trinajstić information content (AvgIpc) is 2.35. The molecule has 0 aliphatic rings. The third-order valence-electron chi connectivity index (χ3n) is 2.73. The first-order valence-corrected chi connectivity index (χ1v) is 6.24. The number of anilines is 1. The van der Waals surface area contributed by atoms with Crippen molar-refractivity contribution in [3.05, 3.63) is 29.8 Å². The molecule has 1 aromatic carbocycles. The lowest BCUT2D eigenvalue weighted by Crippen LogP contribution is -2.36. The predicted octanol–water partition coefficient (Wildman–Crippen LogP) is 1.58. The van der Waals surface area contributed by atoms with E-state index in [4.69, 9.17) is 4.74 Å². The van der Waals surface area contributed by atoms with Crippen LogP contribution in [0, 0.1) is 6.92 Å². The maximum absolute atomic E-state index is 11.2. The van der Waals surface area contributed by atoms with Gasteiger partial charge in [0.2, 0.25) is 5.91 Å². The molecule has 0 heterocycles. The van der Waals surface area contributed by atoms with Gasteiger partial charge < -0.3 is 15.0 Å². The standard InChI is InChI=1S/C14H22N2O2/c1-4-16(9-8-15-14(17)11-18-3)13-7-5-6-12(2)10-13/h5-7,10H,4,8-9,11H2,1-3H3,(H,15,17). The highest BCUT2D eigenvalue weighted by atomic mass is 16.5. The van der Waals surface area contributed by atoms with Crippen LogP contribution in [0.3, 0.4) is 0 Å². The normalized spacial score (nSPS) is 10.2. The number of hydrogen-bond donors (Lipinski definition) is 1. The predicted molar refractivity (Wildman–Crippen MR) is 74.0 cm³/mol. The zero-order valence-corrected chi connectivity index (χ0v) is 11.4. The number of carbonyl (C=O) groups excluding carboxylic acids is 1. The fourth-order valence-corrected chi connectivity index (χ4v) is 1.81. The lowest BCUT2D eigenvalue weighted by molar-refractivity contribution is -0.124. The van der Waals surface area contributed by atoms with Gasteiger partial charge in [-0.05, 0) is 31.5 Å². The summed E-state index contributed by atoms with van der Waals surface area (Å²) < 4.78 is 4.76. The number of nitrogens with one attached hydrogen (secondary N) is 1. The van der Waals surface area contributed by atoms with Crippen LogP contribution in [0.5, 0.6) is 0 Å². The van der Waals surface area contributed by atoms with E-state index in [9.17, 15) is 4.79 Å². The summed E-state index contributed by atoms with van der Waals surface area (Å²) in [4.78, 5) is 13.5. The Morgan fingerprint density at radius 3 is 2.83 bits per heavy atom. The molecule has 100 valence electrons. The van der Waals surface area contributed by atoms with Gasteiger partial charge in [0, 0.05) is 32.4 Å². The highest BCUT2D eigenvalue weighted by molar-refractivity contribution is 5.77. The van der Waals surface area contributed by atoms with E-state index in [1.165, 1.54) is 18.4 Å². The van der Waals surface area contributed by atoms with Crippen LogP contribution < -0.4 is 10.2 Å². The lowest BCUT2D eigenvalue weighted by atomic mass is 10.2. The summed E-state index contributed by atoms with van der Waals surface area (Å²) in [5, 5.41) is 2.83. The molecule has 0 radical (unpaired) electrons. The summed E-state index contributed by atoms with van der Waals surface area (Å²) in [6, 6.07) is 8.38. The smallest absolute Gasteiger partial charge is 0.246 e. The van der Waals surface area contributed by atoms with Gasteiger partial charge in [-0.3, -0.25) is 4.79 Å². The van der Waals surface area contributed by atoms with Crippen molar-refractivity contribution in [3.8, 4) is 0 Å². The molecule has 0 spiro atoms. The molecule has 0 atom stereocenters. The summed E-state index contributed by atoms with van der Waals surface area (Å²) in [6.45, 7) is 6.66. The second kappa shape index (κ2) is 7.71. The van der Waals surface area contributed by atoms with Gasteiger partial charge in [0.15, 0.2) is 0 Å². The monoisotopic (exact) mass is 250 g/mol. The van der Waals surface area contributed by atoms with E-state index in [1.54, 1.807) is 0 Å². The van der Waals surface area contributed by atoms with Crippen molar-refractivity contribution in [1.82, 2.24) is 5.32 Å². The van der Waals surface area contributed by atoms with E-state index in [-0.39, 0.29) is 12.5 Å². The average molecular weight is 250 g/mol. The molecule has 0 aliphatic heterocycles. The minimum Gasteiger partial charge on any atom is -0.375 e. The van der Waals surface area contributed by atoms with Crippen LogP contribution in [0.4, 0.5) is 5.69 Å². The Kier molecular flexibility index (Phi) is 6.22. The third kappa shape index (κ3) is 4.75. The highest BCUT2D eigenvalue weighted by Crippen LogP contribution is 2.14. The van der Waals surface area contributed by atoms with Crippen molar-refractivity contribution in [2.45, 2.75) is 13.8 Å². The number of methoxy groups -OCH3 is 1. The SMILES string of the molecule is CCN(CCNC(=O)COC)c1cccc(C)c1. The van der Waals surface area contributed by atoms with Crippen molar-refractivity contribution in [3.63, 3.8) is 0 Å². The molecule has 1 rings (SSSR count). The molecule has 0 saturated carbocycles. The fraction of sp³-hybridized carbons (Fsp3) is 0.500. The topological polar surface area (TPSA) is 41.6 Å². The van der Waals surface area contributed by atoms with Crippen LogP contribution in [0.1, 0.15) is 12.5 Å². The summed E-state index contributed by atoms with van der Waals surface area (Å²) >= 11 is 0. The first-order chi connectivity index (χ1) is 8.67. The van der Waals surface area contributed by atoms with Crippen molar-refractivity contribution >= 4 is 11.6 Å². The molecule has 18 heavy (non-hydrogen) atoms. The molecule has 0 bridgehead atoms. The van der Waals surface area contributed by atoms with Crippen molar-refractivity contribution in [1.29, 1.82) is 0 Å². The Balaban J connectivity index is 2.45. The summed E-state index contributed by atoms with van der Waals surface area (Å²) in [7, 11) is 1.52. The number of likely N-dealkylation sites (N-methyl/N-ethyl adjacent to an activating group) is 1. The van der Waals surface area contributed by atoms with Gasteiger partial charge in [0.05, 0.1) is 0 Å². The van der Waals surface area contributed by atoms with E-state index >= 15 is 0 Å². The van der Waals surface area contributed by atoms with Gasteiger partial charge in [0.25, 0.3) is 0 Å². The number of amides is 1. The Morgan fingerprint density at radius 2 is 2.22 bits per heavy atom. The molecule has 0 aliphatic carbocycles. The number of carbonyl (C=O) groups is 1. The number of benzene rings is 1. The van der Waals surface area contributed by atoms with Gasteiger partial charge in [-0.2, -0.15) is 0 Å². The minimum absolute atomic E-state index is 0.0715. The first kappa shape index (κ1) is 14.5. The van der Waals surface area contributed by atoms with E-state index < -0.39 is 0 Å². The van der Waals surface area contributed by atoms with E-state index in [2.05, 4.69) is 48.3 Å². The highest BCUT2D eigenvalue weighted by Gasteiger charge is 2.05. The van der Waals surface area contributed by atoms with Crippen LogP contribution >= 0.6 is 0 Å². The third-order valence-corrected chi connectivity index (χ3v) is 2.73. The number of ether oxygens (including phenoxy) is 1. The molecule has 1 aromatic rings. The number of aryl methyl sites for hydroxylation is 1. The Bertz CT molecular complexity index is 380. The number of hydrogen-bond acceptors (Lipinski definition) is 3. The Labute approximate surface area is 109 Å². The molecule has 4 nitrogen and oxygen atoms in total. The molecule has 0 saturated heterocycles. The Hall–Kier alpha value is -1.55. The van der Waals surface area contributed by atoms with Crippen molar-refractivity contribution in [2.24, 2.45) is 0 Å². The van der Waals surface area contributed by atoms with E-state index in [0.29, 0.717) is 6.54 Å². The van der Waals surface area contributed by atoms with Crippen LogP contribution in [-0.4, -0.2) is 39.3 Å². The summed E-state index contributed by atoms with van der Waals surface area (Å²) in [6.07, 6.45) is 0. The molecule has 0 unspecified atom stereocenters. The van der Waals surface area contributed by atoms with Crippen LogP contribution in [0.25, 0.3) is 0 Å². The number of nitrogens with zero attached hydrogens (tertiary/aromatic N) is 1. The van der Waals surface area contributed by atoms with Crippen molar-refractivity contribution < 1.29 is 9.53 Å². The van der Waals surface area contributed by atoms with Crippen LogP contribution in [0.2, 0.25) is 0 Å². The van der Waals surface area contributed by atoms with Gasteiger partial charge in [-0.15, -0.1) is 0 Å².